The summed E-state index contributed by atoms with van der Waals surface area (Å²) in [5.41, 5.74) is 7.75. The first-order valence-electron chi connectivity index (χ1n) is 7.50. The Morgan fingerprint density at radius 1 is 0.905 bits per heavy atom. The molecule has 0 spiro atoms. The lowest BCUT2D eigenvalue weighted by atomic mass is 10.1. The molecule has 0 saturated heterocycles. The van der Waals surface area contributed by atoms with Crippen LogP contribution in [0.5, 0.6) is 0 Å². The summed E-state index contributed by atoms with van der Waals surface area (Å²) in [4.78, 5) is 2.23. The SMILES string of the molecule is Cc1ccc(N2[C-]=[N+](c3ccc(C)cc3C)CC2)c(C)c1. The Balaban J connectivity index is 1.93. The molecule has 0 radical (unpaired) electrons. The van der Waals surface area contributed by atoms with E-state index in [1.807, 2.05) is 0 Å². The summed E-state index contributed by atoms with van der Waals surface area (Å²) in [5.74, 6) is 0. The topological polar surface area (TPSA) is 6.25 Å². The van der Waals surface area contributed by atoms with Gasteiger partial charge in [0.05, 0.1) is 0 Å². The van der Waals surface area contributed by atoms with Gasteiger partial charge in [0.1, 0.15) is 13.1 Å². The molecule has 1 heterocycles. The quantitative estimate of drug-likeness (QED) is 0.594. The molecular formula is C19H22N2. The van der Waals surface area contributed by atoms with Crippen molar-refractivity contribution in [1.82, 2.24) is 0 Å². The van der Waals surface area contributed by atoms with Crippen LogP contribution in [-0.2, 0) is 0 Å². The lowest BCUT2D eigenvalue weighted by molar-refractivity contribution is -0.424. The van der Waals surface area contributed by atoms with Gasteiger partial charge in [0.2, 0.25) is 6.34 Å². The first-order valence-corrected chi connectivity index (χ1v) is 7.50. The molecule has 0 bridgehead atoms. The Morgan fingerprint density at radius 2 is 1.57 bits per heavy atom. The zero-order valence-corrected chi connectivity index (χ0v) is 13.3. The largest absolute Gasteiger partial charge is 0.333 e. The van der Waals surface area contributed by atoms with Crippen molar-refractivity contribution in [2.45, 2.75) is 27.7 Å². The summed E-state index contributed by atoms with van der Waals surface area (Å²) in [6.45, 7) is 10.6. The molecular weight excluding hydrogens is 256 g/mol. The van der Waals surface area contributed by atoms with Crippen LogP contribution in [0.25, 0.3) is 0 Å². The molecule has 1 aliphatic heterocycles. The second-order valence-electron chi connectivity index (χ2n) is 5.98. The monoisotopic (exact) mass is 278 g/mol. The van der Waals surface area contributed by atoms with E-state index in [1.54, 1.807) is 0 Å². The molecule has 1 aliphatic rings. The number of rotatable bonds is 2. The van der Waals surface area contributed by atoms with Gasteiger partial charge in [-0.25, -0.2) is 0 Å². The Labute approximate surface area is 127 Å². The number of hydrogen-bond acceptors (Lipinski definition) is 1. The highest BCUT2D eigenvalue weighted by molar-refractivity contribution is 5.79. The maximum absolute atomic E-state index is 3.51. The Morgan fingerprint density at radius 3 is 2.24 bits per heavy atom. The third-order valence-electron chi connectivity index (χ3n) is 4.07. The van der Waals surface area contributed by atoms with Gasteiger partial charge in [-0.05, 0) is 27.7 Å². The number of benzene rings is 2. The highest BCUT2D eigenvalue weighted by atomic mass is 15.3. The molecule has 0 N–H and O–H groups in total. The molecule has 2 aromatic rings. The summed E-state index contributed by atoms with van der Waals surface area (Å²) in [6.07, 6.45) is 3.51. The molecule has 2 heteroatoms. The minimum Gasteiger partial charge on any atom is -0.333 e. The number of anilines is 1. The van der Waals surface area contributed by atoms with Gasteiger partial charge in [-0.15, -0.1) is 0 Å². The maximum atomic E-state index is 3.51. The van der Waals surface area contributed by atoms with Crippen molar-refractivity contribution in [2.75, 3.05) is 18.0 Å². The number of hydrogen-bond donors (Lipinski definition) is 0. The van der Waals surface area contributed by atoms with Crippen LogP contribution in [0.2, 0.25) is 0 Å². The summed E-state index contributed by atoms with van der Waals surface area (Å²) >= 11 is 0. The third kappa shape index (κ3) is 2.71. The van der Waals surface area contributed by atoms with E-state index in [-0.39, 0.29) is 0 Å². The molecule has 21 heavy (non-hydrogen) atoms. The molecule has 0 fully saturated rings. The van der Waals surface area contributed by atoms with E-state index in [2.05, 4.69) is 79.9 Å². The molecule has 0 amide bonds. The lowest BCUT2D eigenvalue weighted by Gasteiger charge is -2.16. The van der Waals surface area contributed by atoms with E-state index < -0.39 is 0 Å². The van der Waals surface area contributed by atoms with Gasteiger partial charge >= 0.3 is 0 Å². The second-order valence-corrected chi connectivity index (χ2v) is 5.98. The van der Waals surface area contributed by atoms with Crippen LogP contribution in [0.3, 0.4) is 0 Å². The summed E-state index contributed by atoms with van der Waals surface area (Å²) in [5, 5.41) is 0. The van der Waals surface area contributed by atoms with Crippen LogP contribution in [0, 0.1) is 27.7 Å². The van der Waals surface area contributed by atoms with Crippen molar-refractivity contribution in [3.8, 4) is 0 Å². The van der Waals surface area contributed by atoms with Crippen molar-refractivity contribution in [1.29, 1.82) is 0 Å². The first-order chi connectivity index (χ1) is 10.0. The summed E-state index contributed by atoms with van der Waals surface area (Å²) < 4.78 is 2.23. The minimum absolute atomic E-state index is 0.983. The minimum atomic E-state index is 0.983. The third-order valence-corrected chi connectivity index (χ3v) is 4.07. The van der Waals surface area contributed by atoms with Crippen molar-refractivity contribution < 1.29 is 4.58 Å². The molecule has 0 aliphatic carbocycles. The van der Waals surface area contributed by atoms with E-state index >= 15 is 0 Å². The molecule has 0 atom stereocenters. The van der Waals surface area contributed by atoms with Gasteiger partial charge in [-0.2, -0.15) is 0 Å². The zero-order chi connectivity index (χ0) is 15.0. The molecule has 3 rings (SSSR count). The highest BCUT2D eigenvalue weighted by Gasteiger charge is 2.18. The normalized spacial score (nSPS) is 14.5. The smallest absolute Gasteiger partial charge is 0.206 e. The molecule has 0 aromatic heterocycles. The number of aryl methyl sites for hydroxylation is 4. The van der Waals surface area contributed by atoms with Crippen LogP contribution in [0.4, 0.5) is 11.4 Å². The predicted octanol–water partition coefficient (Wildman–Crippen LogP) is 3.99. The molecule has 0 saturated carbocycles. The van der Waals surface area contributed by atoms with E-state index in [0.717, 1.165) is 13.1 Å². The predicted molar refractivity (Wildman–Crippen MR) is 89.0 cm³/mol. The fraction of sp³-hybridized carbons (Fsp3) is 0.316. The van der Waals surface area contributed by atoms with E-state index in [9.17, 15) is 0 Å². The standard InChI is InChI=1S/C19H22N2/c1-14-5-7-18(16(3)11-14)20-9-10-21(13-20)19-8-6-15(2)12-17(19)4/h5-8,11-12H,9-10H2,1-4H3. The first kappa shape index (κ1) is 13.9. The van der Waals surface area contributed by atoms with Crippen LogP contribution in [0.15, 0.2) is 36.4 Å². The van der Waals surface area contributed by atoms with Crippen molar-refractivity contribution >= 4 is 17.7 Å². The molecule has 108 valence electrons. The van der Waals surface area contributed by atoms with Crippen molar-refractivity contribution in [3.05, 3.63) is 58.7 Å². The Kier molecular flexibility index (Phi) is 3.54. The van der Waals surface area contributed by atoms with Gasteiger partial charge in [0.15, 0.2) is 0 Å². The van der Waals surface area contributed by atoms with Crippen LogP contribution < -0.4 is 4.90 Å². The van der Waals surface area contributed by atoms with Crippen molar-refractivity contribution in [2.24, 2.45) is 0 Å². The number of nitrogens with zero attached hydrogens (tertiary/aromatic N) is 2. The fourth-order valence-electron chi connectivity index (χ4n) is 3.01. The zero-order valence-electron chi connectivity index (χ0n) is 13.3. The fourth-order valence-corrected chi connectivity index (χ4v) is 3.01. The van der Waals surface area contributed by atoms with Crippen LogP contribution in [-0.4, -0.2) is 24.0 Å². The highest BCUT2D eigenvalue weighted by Crippen LogP contribution is 2.25. The van der Waals surface area contributed by atoms with E-state index in [0.29, 0.717) is 0 Å². The molecule has 0 unspecified atom stereocenters. The van der Waals surface area contributed by atoms with E-state index in [4.69, 9.17) is 0 Å². The van der Waals surface area contributed by atoms with Crippen LogP contribution >= 0.6 is 0 Å². The Bertz CT molecular complexity index is 714. The second kappa shape index (κ2) is 5.36. The van der Waals surface area contributed by atoms with Gasteiger partial charge in [-0.3, -0.25) is 0 Å². The summed E-state index contributed by atoms with van der Waals surface area (Å²) in [6, 6.07) is 13.2. The average Bonchev–Trinajstić information content (AvgIpc) is 2.87. The van der Waals surface area contributed by atoms with E-state index in [1.165, 1.54) is 33.6 Å². The van der Waals surface area contributed by atoms with Crippen molar-refractivity contribution in [3.63, 3.8) is 0 Å². The molecule has 2 nitrogen and oxygen atoms in total. The molecule has 2 aromatic carbocycles. The van der Waals surface area contributed by atoms with Gasteiger partial charge in [0, 0.05) is 11.4 Å². The van der Waals surface area contributed by atoms with Gasteiger partial charge in [0.25, 0.3) is 0 Å². The maximum Gasteiger partial charge on any atom is 0.206 e. The summed E-state index contributed by atoms with van der Waals surface area (Å²) in [7, 11) is 0. The Hall–Kier alpha value is -2.09. The lowest BCUT2D eigenvalue weighted by Crippen LogP contribution is -2.19. The van der Waals surface area contributed by atoms with Gasteiger partial charge in [-0.1, -0.05) is 58.7 Å². The average molecular weight is 278 g/mol. The van der Waals surface area contributed by atoms with Crippen LogP contribution in [0.1, 0.15) is 22.3 Å². The van der Waals surface area contributed by atoms with Gasteiger partial charge < -0.3 is 9.48 Å².